The zero-order valence-electron chi connectivity index (χ0n) is 15.1. The van der Waals surface area contributed by atoms with Crippen molar-refractivity contribution in [2.24, 2.45) is 5.92 Å². The lowest BCUT2D eigenvalue weighted by Crippen LogP contribution is -2.48. The van der Waals surface area contributed by atoms with Crippen LogP contribution in [0.1, 0.15) is 18.4 Å². The average Bonchev–Trinajstić information content (AvgIpc) is 2.69. The van der Waals surface area contributed by atoms with Crippen LogP contribution in [0, 0.1) is 12.8 Å². The number of rotatable bonds is 6. The Balaban J connectivity index is 1.70. The van der Waals surface area contributed by atoms with E-state index in [4.69, 9.17) is 4.74 Å². The second kappa shape index (κ2) is 8.64. The van der Waals surface area contributed by atoms with Crippen molar-refractivity contribution in [2.45, 2.75) is 26.0 Å². The van der Waals surface area contributed by atoms with E-state index in [1.807, 2.05) is 31.2 Å². The van der Waals surface area contributed by atoms with Crippen LogP contribution in [0.25, 0.3) is 11.3 Å². The minimum absolute atomic E-state index is 0.190. The number of amides is 1. The van der Waals surface area contributed by atoms with Gasteiger partial charge in [0.1, 0.15) is 5.75 Å². The third kappa shape index (κ3) is 4.83. The number of nitrogens with zero attached hydrogens (tertiary/aromatic N) is 1. The van der Waals surface area contributed by atoms with Gasteiger partial charge in [-0.1, -0.05) is 6.07 Å². The fourth-order valence-corrected chi connectivity index (χ4v) is 3.13. The molecule has 1 aliphatic heterocycles. The molecule has 1 saturated heterocycles. The minimum atomic E-state index is -1.42. The van der Waals surface area contributed by atoms with E-state index >= 15 is 0 Å². The van der Waals surface area contributed by atoms with Gasteiger partial charge in [0, 0.05) is 17.7 Å². The highest BCUT2D eigenvalue weighted by Gasteiger charge is 2.27. The normalized spacial score (nSPS) is 15.7. The molecule has 1 aliphatic rings. The number of ether oxygens (including phenoxy) is 1. The molecule has 1 atom stereocenters. The number of benzene rings is 1. The summed E-state index contributed by atoms with van der Waals surface area (Å²) in [7, 11) is 0. The number of hydrogen-bond acceptors (Lipinski definition) is 5. The molecule has 2 aromatic rings. The molecule has 2 heterocycles. The zero-order chi connectivity index (χ0) is 19.2. The molecular weight excluding hydrogens is 346 g/mol. The van der Waals surface area contributed by atoms with E-state index in [9.17, 15) is 14.7 Å². The maximum absolute atomic E-state index is 12.3. The number of carboxylic acid groups (broad SMARTS) is 1. The molecule has 3 rings (SSSR count). The third-order valence-corrected chi connectivity index (χ3v) is 4.60. The second-order valence-electron chi connectivity index (χ2n) is 6.56. The van der Waals surface area contributed by atoms with Gasteiger partial charge in [-0.15, -0.1) is 0 Å². The number of piperidine rings is 1. The molecule has 1 unspecified atom stereocenters. The van der Waals surface area contributed by atoms with Crippen LogP contribution in [-0.4, -0.2) is 41.3 Å². The van der Waals surface area contributed by atoms with Crippen molar-refractivity contribution in [3.63, 3.8) is 0 Å². The molecule has 27 heavy (non-hydrogen) atoms. The summed E-state index contributed by atoms with van der Waals surface area (Å²) in [4.78, 5) is 28.2. The molecule has 0 bridgehead atoms. The van der Waals surface area contributed by atoms with Gasteiger partial charge in [0.2, 0.25) is 5.91 Å². The molecule has 7 heteroatoms. The van der Waals surface area contributed by atoms with Gasteiger partial charge in [0.05, 0.1) is 5.69 Å². The zero-order valence-corrected chi connectivity index (χ0v) is 15.1. The van der Waals surface area contributed by atoms with Crippen LogP contribution in [-0.2, 0) is 9.59 Å². The number of pyridine rings is 1. The highest BCUT2D eigenvalue weighted by molar-refractivity contribution is 5.84. The molecule has 0 aliphatic carbocycles. The van der Waals surface area contributed by atoms with Gasteiger partial charge in [-0.25, -0.2) is 4.79 Å². The van der Waals surface area contributed by atoms with Crippen LogP contribution in [0.4, 0.5) is 0 Å². The maximum Gasteiger partial charge on any atom is 0.366 e. The molecule has 0 saturated carbocycles. The molecule has 0 radical (unpaired) electrons. The lowest BCUT2D eigenvalue weighted by atomic mass is 9.97. The highest BCUT2D eigenvalue weighted by Crippen LogP contribution is 2.25. The van der Waals surface area contributed by atoms with Gasteiger partial charge in [-0.05, 0) is 68.8 Å². The summed E-state index contributed by atoms with van der Waals surface area (Å²) in [6.45, 7) is 3.41. The monoisotopic (exact) mass is 369 g/mol. The number of aliphatic carboxylic acids is 1. The van der Waals surface area contributed by atoms with Crippen LogP contribution < -0.4 is 15.4 Å². The van der Waals surface area contributed by atoms with Gasteiger partial charge in [0.25, 0.3) is 6.23 Å². The Hall–Kier alpha value is -2.93. The van der Waals surface area contributed by atoms with Crippen molar-refractivity contribution in [2.75, 3.05) is 13.1 Å². The fraction of sp³-hybridized carbons (Fsp3) is 0.350. The summed E-state index contributed by atoms with van der Waals surface area (Å²) in [6, 6.07) is 10.9. The van der Waals surface area contributed by atoms with Crippen LogP contribution in [0.3, 0.4) is 0 Å². The average molecular weight is 369 g/mol. The minimum Gasteiger partial charge on any atom is -0.477 e. The van der Waals surface area contributed by atoms with Crippen LogP contribution in [0.15, 0.2) is 42.6 Å². The van der Waals surface area contributed by atoms with Crippen LogP contribution >= 0.6 is 0 Å². The van der Waals surface area contributed by atoms with Gasteiger partial charge < -0.3 is 20.5 Å². The topological polar surface area (TPSA) is 101 Å². The predicted octanol–water partition coefficient (Wildman–Crippen LogP) is 1.96. The Morgan fingerprint density at radius 3 is 2.67 bits per heavy atom. The quantitative estimate of drug-likeness (QED) is 0.673. The molecule has 0 spiro atoms. The molecule has 1 amide bonds. The number of carbonyl (C=O) groups excluding carboxylic acids is 1. The fourth-order valence-electron chi connectivity index (χ4n) is 3.13. The Morgan fingerprint density at radius 2 is 2.04 bits per heavy atom. The number of aryl methyl sites for hydroxylation is 1. The summed E-state index contributed by atoms with van der Waals surface area (Å²) in [5, 5.41) is 15.1. The van der Waals surface area contributed by atoms with E-state index in [0.717, 1.165) is 29.9 Å². The SMILES string of the molecule is Cc1cc(OC(NC(=O)C2CCNCC2)C(=O)O)ccc1-c1ccccn1. The van der Waals surface area contributed by atoms with E-state index in [1.54, 1.807) is 18.3 Å². The number of nitrogens with one attached hydrogen (secondary N) is 2. The van der Waals surface area contributed by atoms with Gasteiger partial charge in [-0.3, -0.25) is 9.78 Å². The summed E-state index contributed by atoms with van der Waals surface area (Å²) in [5.74, 6) is -1.33. The summed E-state index contributed by atoms with van der Waals surface area (Å²) >= 11 is 0. The Bertz CT molecular complexity index is 804. The first-order chi connectivity index (χ1) is 13.0. The van der Waals surface area contributed by atoms with E-state index in [1.165, 1.54) is 0 Å². The van der Waals surface area contributed by atoms with Gasteiger partial charge in [-0.2, -0.15) is 0 Å². The number of carbonyl (C=O) groups is 2. The summed E-state index contributed by atoms with van der Waals surface area (Å²) in [5.41, 5.74) is 2.67. The smallest absolute Gasteiger partial charge is 0.366 e. The first-order valence-corrected chi connectivity index (χ1v) is 8.97. The van der Waals surface area contributed by atoms with E-state index < -0.39 is 12.2 Å². The number of hydrogen-bond donors (Lipinski definition) is 3. The predicted molar refractivity (Wildman–Crippen MR) is 100 cm³/mol. The first-order valence-electron chi connectivity index (χ1n) is 8.97. The van der Waals surface area contributed by atoms with Crippen molar-refractivity contribution in [1.29, 1.82) is 0 Å². The first kappa shape index (κ1) is 18.8. The summed E-state index contributed by atoms with van der Waals surface area (Å²) in [6.07, 6.45) is 1.68. The lowest BCUT2D eigenvalue weighted by Gasteiger charge is -2.24. The molecular formula is C20H23N3O4. The Kier molecular flexibility index (Phi) is 6.03. The van der Waals surface area contributed by atoms with E-state index in [-0.39, 0.29) is 11.8 Å². The molecule has 1 aromatic carbocycles. The Labute approximate surface area is 157 Å². The number of carboxylic acids is 1. The van der Waals surface area contributed by atoms with Crippen LogP contribution in [0.5, 0.6) is 5.75 Å². The molecule has 3 N–H and O–H groups in total. The highest BCUT2D eigenvalue weighted by atomic mass is 16.5. The van der Waals surface area contributed by atoms with Crippen molar-refractivity contribution in [3.8, 4) is 17.0 Å². The molecule has 7 nitrogen and oxygen atoms in total. The van der Waals surface area contributed by atoms with E-state index in [0.29, 0.717) is 18.6 Å². The lowest BCUT2D eigenvalue weighted by molar-refractivity contribution is -0.150. The van der Waals surface area contributed by atoms with Crippen molar-refractivity contribution in [3.05, 3.63) is 48.2 Å². The molecule has 1 fully saturated rings. The summed E-state index contributed by atoms with van der Waals surface area (Å²) < 4.78 is 5.54. The van der Waals surface area contributed by atoms with E-state index in [2.05, 4.69) is 15.6 Å². The van der Waals surface area contributed by atoms with Crippen molar-refractivity contribution in [1.82, 2.24) is 15.6 Å². The van der Waals surface area contributed by atoms with Crippen molar-refractivity contribution < 1.29 is 19.4 Å². The third-order valence-electron chi connectivity index (χ3n) is 4.60. The Morgan fingerprint density at radius 1 is 1.26 bits per heavy atom. The maximum atomic E-state index is 12.3. The second-order valence-corrected chi connectivity index (χ2v) is 6.56. The molecule has 1 aromatic heterocycles. The van der Waals surface area contributed by atoms with Gasteiger partial charge in [0.15, 0.2) is 0 Å². The van der Waals surface area contributed by atoms with Crippen molar-refractivity contribution >= 4 is 11.9 Å². The number of aromatic nitrogens is 1. The van der Waals surface area contributed by atoms with Gasteiger partial charge >= 0.3 is 5.97 Å². The largest absolute Gasteiger partial charge is 0.477 e. The van der Waals surface area contributed by atoms with Crippen LogP contribution in [0.2, 0.25) is 0 Å². The molecule has 142 valence electrons. The standard InChI is InChI=1S/C20H23N3O4/c1-13-12-15(5-6-16(13)17-4-2-3-9-22-17)27-19(20(25)26)23-18(24)14-7-10-21-11-8-14/h2-6,9,12,14,19,21H,7-8,10-11H2,1H3,(H,23,24)(H,25,26).